The van der Waals surface area contributed by atoms with Crippen LogP contribution in [0, 0.1) is 0 Å². The molecule has 4 rings (SSSR count). The number of ether oxygens (including phenoxy) is 1. The molecule has 1 aliphatic heterocycles. The molecule has 0 spiro atoms. The minimum absolute atomic E-state index is 0.0412. The van der Waals surface area contributed by atoms with Crippen molar-refractivity contribution >= 4 is 44.6 Å². The average molecular weight is 528 g/mol. The maximum atomic E-state index is 13.5. The second-order valence-electron chi connectivity index (χ2n) is 8.54. The highest BCUT2D eigenvalue weighted by Crippen LogP contribution is 2.27. The topological polar surface area (TPSA) is 79.0 Å². The molecule has 0 radical (unpaired) electrons. The van der Waals surface area contributed by atoms with Gasteiger partial charge in [0.1, 0.15) is 12.3 Å². The number of hydrogen-bond donors (Lipinski definition) is 1. The van der Waals surface area contributed by atoms with Gasteiger partial charge in [0, 0.05) is 29.5 Å². The summed E-state index contributed by atoms with van der Waals surface area (Å²) in [6.07, 6.45) is 3.62. The summed E-state index contributed by atoms with van der Waals surface area (Å²) in [6.45, 7) is 4.03. The summed E-state index contributed by atoms with van der Waals surface area (Å²) in [7, 11) is -4.04. The van der Waals surface area contributed by atoms with Gasteiger partial charge in [0.05, 0.1) is 17.2 Å². The predicted molar refractivity (Wildman–Crippen MR) is 145 cm³/mol. The molecule has 1 aliphatic rings. The van der Waals surface area contributed by atoms with E-state index in [1.807, 2.05) is 31.2 Å². The van der Waals surface area contributed by atoms with Crippen LogP contribution >= 0.6 is 11.6 Å². The van der Waals surface area contributed by atoms with E-state index >= 15 is 0 Å². The van der Waals surface area contributed by atoms with Gasteiger partial charge < -0.3 is 15.0 Å². The zero-order chi connectivity index (χ0) is 25.5. The molecule has 0 atom stereocenters. The Balaban J connectivity index is 1.54. The molecule has 1 heterocycles. The molecular formula is C27H30ClN3O4S. The van der Waals surface area contributed by atoms with Crippen LogP contribution in [0.25, 0.3) is 0 Å². The van der Waals surface area contributed by atoms with Crippen LogP contribution < -0.4 is 19.3 Å². The van der Waals surface area contributed by atoms with Gasteiger partial charge in [-0.25, -0.2) is 8.42 Å². The third-order valence-electron chi connectivity index (χ3n) is 6.00. The van der Waals surface area contributed by atoms with Gasteiger partial charge in [-0.2, -0.15) is 0 Å². The van der Waals surface area contributed by atoms with E-state index in [2.05, 4.69) is 10.2 Å². The van der Waals surface area contributed by atoms with Crippen molar-refractivity contribution in [1.82, 2.24) is 0 Å². The summed E-state index contributed by atoms with van der Waals surface area (Å²) < 4.78 is 33.6. The minimum Gasteiger partial charge on any atom is -0.494 e. The maximum Gasteiger partial charge on any atom is 0.264 e. The number of benzene rings is 3. The molecule has 1 fully saturated rings. The van der Waals surface area contributed by atoms with Gasteiger partial charge in [0.25, 0.3) is 10.0 Å². The number of amides is 1. The highest BCUT2D eigenvalue weighted by atomic mass is 35.5. The second kappa shape index (κ2) is 11.7. The zero-order valence-corrected chi connectivity index (χ0v) is 21.8. The number of anilines is 3. The smallest absolute Gasteiger partial charge is 0.264 e. The zero-order valence-electron chi connectivity index (χ0n) is 20.2. The van der Waals surface area contributed by atoms with Crippen molar-refractivity contribution in [2.24, 2.45) is 0 Å². The van der Waals surface area contributed by atoms with Gasteiger partial charge in [-0.1, -0.05) is 11.6 Å². The lowest BCUT2D eigenvalue weighted by Gasteiger charge is -2.29. The summed E-state index contributed by atoms with van der Waals surface area (Å²) in [5, 5.41) is 3.25. The highest BCUT2D eigenvalue weighted by molar-refractivity contribution is 7.92. The molecule has 7 nitrogen and oxygen atoms in total. The number of piperidine rings is 1. The number of nitrogens with one attached hydrogen (secondary N) is 1. The van der Waals surface area contributed by atoms with E-state index in [0.29, 0.717) is 28.8 Å². The summed E-state index contributed by atoms with van der Waals surface area (Å²) in [6, 6.07) is 20.1. The molecular weight excluding hydrogens is 498 g/mol. The van der Waals surface area contributed by atoms with Crippen molar-refractivity contribution in [3.8, 4) is 5.75 Å². The van der Waals surface area contributed by atoms with Gasteiger partial charge in [-0.05, 0) is 99.0 Å². The lowest BCUT2D eigenvalue weighted by Crippen LogP contribution is -2.38. The largest absolute Gasteiger partial charge is 0.494 e. The summed E-state index contributed by atoms with van der Waals surface area (Å²) in [5.41, 5.74) is 2.08. The van der Waals surface area contributed by atoms with Gasteiger partial charge in [-0.3, -0.25) is 9.10 Å². The highest BCUT2D eigenvalue weighted by Gasteiger charge is 2.27. The van der Waals surface area contributed by atoms with Crippen LogP contribution in [0.2, 0.25) is 5.02 Å². The Kier molecular flexibility index (Phi) is 8.38. The molecule has 0 aliphatic carbocycles. The molecule has 0 aromatic heterocycles. The number of hydrogen-bond acceptors (Lipinski definition) is 5. The Bertz CT molecular complexity index is 1260. The van der Waals surface area contributed by atoms with Gasteiger partial charge in [0.15, 0.2) is 0 Å². The molecule has 190 valence electrons. The minimum atomic E-state index is -4.04. The molecule has 36 heavy (non-hydrogen) atoms. The maximum absolute atomic E-state index is 13.5. The third kappa shape index (κ3) is 6.30. The SMILES string of the molecule is CCOc1ccc(N(CC(=O)Nc2ccc(N3CCCCC3)cc2)S(=O)(=O)c2ccc(Cl)cc2)cc1. The lowest BCUT2D eigenvalue weighted by molar-refractivity contribution is -0.114. The molecule has 0 saturated carbocycles. The Morgan fingerprint density at radius 2 is 1.58 bits per heavy atom. The fourth-order valence-electron chi connectivity index (χ4n) is 4.16. The number of rotatable bonds is 9. The lowest BCUT2D eigenvalue weighted by atomic mass is 10.1. The Morgan fingerprint density at radius 1 is 0.944 bits per heavy atom. The normalized spacial score (nSPS) is 13.8. The van der Waals surface area contributed by atoms with Crippen LogP contribution in [0.1, 0.15) is 26.2 Å². The van der Waals surface area contributed by atoms with E-state index in [9.17, 15) is 13.2 Å². The first-order valence-electron chi connectivity index (χ1n) is 12.0. The van der Waals surface area contributed by atoms with Gasteiger partial charge in [-0.15, -0.1) is 0 Å². The van der Waals surface area contributed by atoms with Crippen LogP contribution in [-0.2, 0) is 14.8 Å². The van der Waals surface area contributed by atoms with E-state index in [-0.39, 0.29) is 4.90 Å². The fourth-order valence-corrected chi connectivity index (χ4v) is 5.71. The Hall–Kier alpha value is -3.23. The fraction of sp³-hybridized carbons (Fsp3) is 0.296. The molecule has 3 aromatic carbocycles. The average Bonchev–Trinajstić information content (AvgIpc) is 2.89. The number of carbonyl (C=O) groups is 1. The van der Waals surface area contributed by atoms with Crippen LogP contribution in [0.15, 0.2) is 77.7 Å². The molecule has 1 amide bonds. The van der Waals surface area contributed by atoms with E-state index in [4.69, 9.17) is 16.3 Å². The van der Waals surface area contributed by atoms with Crippen LogP contribution in [0.3, 0.4) is 0 Å². The second-order valence-corrected chi connectivity index (χ2v) is 10.8. The van der Waals surface area contributed by atoms with Crippen molar-refractivity contribution in [3.63, 3.8) is 0 Å². The molecule has 0 bridgehead atoms. The Morgan fingerprint density at radius 3 is 2.19 bits per heavy atom. The van der Waals surface area contributed by atoms with Crippen LogP contribution in [-0.4, -0.2) is 40.6 Å². The monoisotopic (exact) mass is 527 g/mol. The first-order valence-corrected chi connectivity index (χ1v) is 13.8. The number of sulfonamides is 1. The number of carbonyl (C=O) groups excluding carboxylic acids is 1. The molecule has 0 unspecified atom stereocenters. The van der Waals surface area contributed by atoms with E-state index in [1.54, 1.807) is 24.3 Å². The predicted octanol–water partition coefficient (Wildman–Crippen LogP) is 5.56. The van der Waals surface area contributed by atoms with E-state index in [1.165, 1.54) is 43.5 Å². The molecule has 1 N–H and O–H groups in total. The number of nitrogens with zero attached hydrogens (tertiary/aromatic N) is 2. The summed E-state index contributed by atoms with van der Waals surface area (Å²) in [4.78, 5) is 15.4. The standard InChI is InChI=1S/C27H30ClN3O4S/c1-2-35-25-14-12-24(13-15-25)31(36(33,34)26-16-6-21(28)7-17-26)20-27(32)29-22-8-10-23(11-9-22)30-18-4-3-5-19-30/h6-17H,2-5,18-20H2,1H3,(H,29,32). The molecule has 9 heteroatoms. The number of halogens is 1. The van der Waals surface area contributed by atoms with Gasteiger partial charge >= 0.3 is 0 Å². The van der Waals surface area contributed by atoms with E-state index < -0.39 is 22.5 Å². The molecule has 3 aromatic rings. The first kappa shape index (κ1) is 25.9. The van der Waals surface area contributed by atoms with Crippen molar-refractivity contribution in [2.75, 3.05) is 40.8 Å². The summed E-state index contributed by atoms with van der Waals surface area (Å²) >= 11 is 5.95. The van der Waals surface area contributed by atoms with Crippen molar-refractivity contribution in [3.05, 3.63) is 77.8 Å². The van der Waals surface area contributed by atoms with Crippen molar-refractivity contribution in [1.29, 1.82) is 0 Å². The van der Waals surface area contributed by atoms with Crippen LogP contribution in [0.4, 0.5) is 17.1 Å². The first-order chi connectivity index (χ1) is 17.4. The van der Waals surface area contributed by atoms with Crippen molar-refractivity contribution in [2.45, 2.75) is 31.1 Å². The Labute approximate surface area is 217 Å². The van der Waals surface area contributed by atoms with Crippen molar-refractivity contribution < 1.29 is 17.9 Å². The third-order valence-corrected chi connectivity index (χ3v) is 8.04. The quantitative estimate of drug-likeness (QED) is 0.394. The van der Waals surface area contributed by atoms with E-state index in [0.717, 1.165) is 23.1 Å². The van der Waals surface area contributed by atoms with Gasteiger partial charge in [0.2, 0.25) is 5.91 Å². The van der Waals surface area contributed by atoms with Crippen LogP contribution in [0.5, 0.6) is 5.75 Å². The summed E-state index contributed by atoms with van der Waals surface area (Å²) in [5.74, 6) is 0.162. The molecule has 1 saturated heterocycles.